The number of rotatable bonds is 7. The van der Waals surface area contributed by atoms with Crippen LogP contribution in [0.1, 0.15) is 53.1 Å². The van der Waals surface area contributed by atoms with Crippen LogP contribution in [0.15, 0.2) is 35.1 Å². The predicted molar refractivity (Wildman–Crippen MR) is 98.4 cm³/mol. The van der Waals surface area contributed by atoms with Crippen molar-refractivity contribution in [3.63, 3.8) is 0 Å². The first-order valence-electron chi connectivity index (χ1n) is 9.30. The van der Waals surface area contributed by atoms with E-state index >= 15 is 0 Å². The Morgan fingerprint density at radius 1 is 1.41 bits per heavy atom. The topological polar surface area (TPSA) is 94.0 Å². The van der Waals surface area contributed by atoms with Crippen molar-refractivity contribution in [2.24, 2.45) is 0 Å². The summed E-state index contributed by atoms with van der Waals surface area (Å²) < 4.78 is 6.80. The summed E-state index contributed by atoms with van der Waals surface area (Å²) in [5.74, 6) is 1.56. The molecular weight excluding hydrogens is 344 g/mol. The summed E-state index contributed by atoms with van der Waals surface area (Å²) in [6, 6.07) is 6.21. The molecule has 2 heterocycles. The lowest BCUT2D eigenvalue weighted by molar-refractivity contribution is 0.0973. The average Bonchev–Trinajstić information content (AvgIpc) is 3.41. The number of aromatic nitrogens is 4. The molecule has 0 bridgehead atoms. The Hall–Kier alpha value is -2.80. The summed E-state index contributed by atoms with van der Waals surface area (Å²) >= 11 is 0. The molecule has 2 aromatic heterocycles. The van der Waals surface area contributed by atoms with Gasteiger partial charge in [-0.05, 0) is 36.0 Å². The maximum Gasteiger partial charge on any atom is 0.226 e. The van der Waals surface area contributed by atoms with Gasteiger partial charge < -0.3 is 9.63 Å². The number of aliphatic hydroxyl groups excluding tert-OH is 1. The second-order valence-corrected chi connectivity index (χ2v) is 6.86. The summed E-state index contributed by atoms with van der Waals surface area (Å²) in [7, 11) is 0. The van der Waals surface area contributed by atoms with E-state index < -0.39 is 0 Å². The molecule has 1 aliphatic carbocycles. The van der Waals surface area contributed by atoms with Crippen molar-refractivity contribution in [2.75, 3.05) is 6.61 Å². The molecule has 4 rings (SSSR count). The van der Waals surface area contributed by atoms with Crippen LogP contribution in [0, 0.1) is 0 Å². The van der Waals surface area contributed by atoms with Crippen molar-refractivity contribution >= 4 is 5.78 Å². The van der Waals surface area contributed by atoms with Gasteiger partial charge in [0.05, 0.1) is 24.9 Å². The van der Waals surface area contributed by atoms with E-state index in [9.17, 15) is 4.79 Å². The molecule has 3 aromatic rings. The zero-order valence-corrected chi connectivity index (χ0v) is 15.3. The first-order valence-corrected chi connectivity index (χ1v) is 9.30. The number of aryl methyl sites for hydroxylation is 2. The number of hydrogen-bond donors (Lipinski definition) is 1. The lowest BCUT2D eigenvalue weighted by Crippen LogP contribution is -2.05. The molecule has 1 aliphatic rings. The Balaban J connectivity index is 1.49. The van der Waals surface area contributed by atoms with Crippen LogP contribution in [0.25, 0.3) is 11.4 Å². The smallest absolute Gasteiger partial charge is 0.226 e. The number of carbonyl (C=O) groups excluding carboxylic acids is 1. The first-order chi connectivity index (χ1) is 13.2. The molecule has 27 heavy (non-hydrogen) atoms. The number of nitrogens with zero attached hydrogens (tertiary/aromatic N) is 4. The van der Waals surface area contributed by atoms with Gasteiger partial charge in [0.25, 0.3) is 0 Å². The van der Waals surface area contributed by atoms with Gasteiger partial charge in [0.15, 0.2) is 5.78 Å². The van der Waals surface area contributed by atoms with Crippen LogP contribution in [0.3, 0.4) is 0 Å². The van der Waals surface area contributed by atoms with Gasteiger partial charge in [-0.2, -0.15) is 10.1 Å². The van der Waals surface area contributed by atoms with Crippen LogP contribution in [0.4, 0.5) is 0 Å². The molecule has 0 saturated carbocycles. The van der Waals surface area contributed by atoms with Crippen molar-refractivity contribution < 1.29 is 14.4 Å². The van der Waals surface area contributed by atoms with Gasteiger partial charge in [-0.15, -0.1) is 0 Å². The summed E-state index contributed by atoms with van der Waals surface area (Å²) in [4.78, 5) is 17.0. The monoisotopic (exact) mass is 366 g/mol. The predicted octanol–water partition coefficient (Wildman–Crippen LogP) is 2.79. The molecule has 0 fully saturated rings. The fraction of sp³-hybridized carbons (Fsp3) is 0.400. The van der Waals surface area contributed by atoms with E-state index in [2.05, 4.69) is 27.4 Å². The third-order valence-corrected chi connectivity index (χ3v) is 5.09. The molecule has 0 spiro atoms. The zero-order valence-electron chi connectivity index (χ0n) is 15.3. The van der Waals surface area contributed by atoms with Crippen LogP contribution in [0.5, 0.6) is 0 Å². The van der Waals surface area contributed by atoms with Gasteiger partial charge in [-0.25, -0.2) is 0 Å². The fourth-order valence-corrected chi connectivity index (χ4v) is 3.65. The van der Waals surface area contributed by atoms with E-state index in [4.69, 9.17) is 9.63 Å². The summed E-state index contributed by atoms with van der Waals surface area (Å²) in [5, 5.41) is 17.1. The third kappa shape index (κ3) is 3.55. The van der Waals surface area contributed by atoms with E-state index in [0.717, 1.165) is 24.8 Å². The van der Waals surface area contributed by atoms with Gasteiger partial charge in [-0.1, -0.05) is 24.2 Å². The highest BCUT2D eigenvalue weighted by atomic mass is 16.5. The van der Waals surface area contributed by atoms with Gasteiger partial charge >= 0.3 is 0 Å². The molecule has 0 radical (unpaired) electrons. The zero-order chi connectivity index (χ0) is 18.8. The maximum absolute atomic E-state index is 12.6. The number of benzene rings is 1. The fourth-order valence-electron chi connectivity index (χ4n) is 3.65. The molecule has 7 heteroatoms. The van der Waals surface area contributed by atoms with E-state index in [-0.39, 0.29) is 18.3 Å². The van der Waals surface area contributed by atoms with E-state index in [0.29, 0.717) is 30.2 Å². The Labute approximate surface area is 157 Å². The van der Waals surface area contributed by atoms with Crippen LogP contribution in [-0.4, -0.2) is 37.4 Å². The van der Waals surface area contributed by atoms with Gasteiger partial charge in [-0.3, -0.25) is 9.48 Å². The molecule has 7 nitrogen and oxygen atoms in total. The molecule has 0 aliphatic heterocycles. The molecule has 1 aromatic carbocycles. The summed E-state index contributed by atoms with van der Waals surface area (Å²) in [5.41, 5.74) is 4.04. The second kappa shape index (κ2) is 7.44. The highest BCUT2D eigenvalue weighted by Crippen LogP contribution is 2.38. The highest BCUT2D eigenvalue weighted by molar-refractivity contribution is 5.96. The van der Waals surface area contributed by atoms with Crippen molar-refractivity contribution in [1.82, 2.24) is 19.9 Å². The van der Waals surface area contributed by atoms with Crippen LogP contribution < -0.4 is 0 Å². The molecule has 0 amide bonds. The maximum atomic E-state index is 12.6. The Bertz CT molecular complexity index is 960. The summed E-state index contributed by atoms with van der Waals surface area (Å²) in [6.45, 7) is 2.39. The van der Waals surface area contributed by atoms with Gasteiger partial charge in [0.1, 0.15) is 0 Å². The van der Waals surface area contributed by atoms with Crippen molar-refractivity contribution in [3.05, 3.63) is 53.2 Å². The summed E-state index contributed by atoms with van der Waals surface area (Å²) in [6.07, 6.45) is 6.39. The number of Topliss-reactive ketones (excluding diaryl/α,β-unsaturated/α-hetero) is 1. The van der Waals surface area contributed by atoms with Crippen molar-refractivity contribution in [2.45, 2.75) is 45.1 Å². The minimum absolute atomic E-state index is 0.00771. The van der Waals surface area contributed by atoms with Crippen LogP contribution in [0.2, 0.25) is 0 Å². The molecule has 1 atom stereocenters. The molecule has 0 unspecified atom stereocenters. The normalized spacial score (nSPS) is 15.9. The highest BCUT2D eigenvalue weighted by Gasteiger charge is 2.26. The number of hydrogen-bond acceptors (Lipinski definition) is 6. The number of ketones is 1. The van der Waals surface area contributed by atoms with Crippen molar-refractivity contribution in [3.8, 4) is 11.4 Å². The third-order valence-electron chi connectivity index (χ3n) is 5.09. The van der Waals surface area contributed by atoms with Crippen molar-refractivity contribution in [1.29, 1.82) is 0 Å². The SMILES string of the molecule is CCc1nc(-c2ccc3c(c2)CC[C@H]3CC(=O)c2cnn(CCO)c2)no1. The minimum Gasteiger partial charge on any atom is -0.394 e. The largest absolute Gasteiger partial charge is 0.394 e. The lowest BCUT2D eigenvalue weighted by atomic mass is 9.93. The van der Waals surface area contributed by atoms with E-state index in [1.54, 1.807) is 17.1 Å². The molecule has 140 valence electrons. The molecular formula is C20H22N4O3. The Kier molecular flexibility index (Phi) is 4.85. The Morgan fingerprint density at radius 3 is 3.07 bits per heavy atom. The average molecular weight is 366 g/mol. The van der Waals surface area contributed by atoms with E-state index in [1.165, 1.54) is 11.1 Å². The Morgan fingerprint density at radius 2 is 2.30 bits per heavy atom. The van der Waals surface area contributed by atoms with Gasteiger partial charge in [0, 0.05) is 24.6 Å². The minimum atomic E-state index is 0.00771. The number of carbonyl (C=O) groups is 1. The standard InChI is InChI=1S/C20H22N4O3/c1-2-19-22-20(23-27-19)15-5-6-17-13(9-15)3-4-14(17)10-18(26)16-11-21-24(12-16)7-8-25/h5-6,9,11-12,14,25H,2-4,7-8,10H2,1H3/t14-/m0/s1. The van der Waals surface area contributed by atoms with Gasteiger partial charge in [0.2, 0.25) is 11.7 Å². The molecule has 1 N–H and O–H groups in total. The van der Waals surface area contributed by atoms with Crippen LogP contribution >= 0.6 is 0 Å². The number of fused-ring (bicyclic) bond motifs is 1. The van der Waals surface area contributed by atoms with E-state index in [1.807, 2.05) is 13.0 Å². The second-order valence-electron chi connectivity index (χ2n) is 6.86. The van der Waals surface area contributed by atoms with Crippen LogP contribution in [-0.2, 0) is 19.4 Å². The molecule has 0 saturated heterocycles. The quantitative estimate of drug-likeness (QED) is 0.646. The first kappa shape index (κ1) is 17.6. The lowest BCUT2D eigenvalue weighted by Gasteiger charge is -2.10. The number of aliphatic hydroxyl groups is 1.